The highest BCUT2D eigenvalue weighted by Gasteiger charge is 2.08. The maximum Gasteiger partial charge on any atom is 0.224 e. The largest absolute Gasteiger partial charge is 0.399 e. The highest BCUT2D eigenvalue weighted by molar-refractivity contribution is 5.78. The number of nitrogen functional groups attached to an aromatic ring is 1. The van der Waals surface area contributed by atoms with Crippen LogP contribution in [0.25, 0.3) is 0 Å². The lowest BCUT2D eigenvalue weighted by atomic mass is 10.1. The van der Waals surface area contributed by atoms with Gasteiger partial charge in [0.1, 0.15) is 0 Å². The van der Waals surface area contributed by atoms with Crippen molar-refractivity contribution in [3.8, 4) is 0 Å². The Morgan fingerprint density at radius 3 is 2.35 bits per heavy atom. The van der Waals surface area contributed by atoms with Gasteiger partial charge in [-0.2, -0.15) is 0 Å². The third-order valence-corrected chi connectivity index (χ3v) is 3.14. The van der Waals surface area contributed by atoms with Crippen molar-refractivity contribution in [3.63, 3.8) is 0 Å². The van der Waals surface area contributed by atoms with Gasteiger partial charge in [0.15, 0.2) is 0 Å². The molecule has 0 aliphatic rings. The van der Waals surface area contributed by atoms with Gasteiger partial charge in [-0.25, -0.2) is 0 Å². The van der Waals surface area contributed by atoms with E-state index >= 15 is 0 Å². The normalized spacial score (nSPS) is 11.8. The van der Waals surface area contributed by atoms with Gasteiger partial charge in [0.25, 0.3) is 0 Å². The first-order valence-corrected chi connectivity index (χ1v) is 6.81. The first-order chi connectivity index (χ1) is 9.63. The van der Waals surface area contributed by atoms with E-state index in [2.05, 4.69) is 5.32 Å². The molecular weight excluding hydrogens is 248 g/mol. The molecule has 3 heteroatoms. The molecule has 0 heterocycles. The number of benzene rings is 2. The van der Waals surface area contributed by atoms with E-state index in [-0.39, 0.29) is 11.9 Å². The maximum atomic E-state index is 11.9. The number of nitrogens with one attached hydrogen (secondary N) is 1. The minimum atomic E-state index is 0.0548. The van der Waals surface area contributed by atoms with Crippen molar-refractivity contribution < 1.29 is 4.79 Å². The van der Waals surface area contributed by atoms with Crippen molar-refractivity contribution >= 4 is 11.6 Å². The van der Waals surface area contributed by atoms with Crippen LogP contribution in [0.15, 0.2) is 54.6 Å². The molecule has 1 atom stereocenters. The molecule has 2 aromatic carbocycles. The van der Waals surface area contributed by atoms with Gasteiger partial charge in [-0.05, 0) is 36.6 Å². The van der Waals surface area contributed by atoms with Crippen LogP contribution in [0.3, 0.4) is 0 Å². The van der Waals surface area contributed by atoms with E-state index in [0.29, 0.717) is 6.42 Å². The van der Waals surface area contributed by atoms with E-state index in [1.165, 1.54) is 5.56 Å². The molecule has 3 N–H and O–H groups in total. The molecule has 0 aliphatic heterocycles. The van der Waals surface area contributed by atoms with E-state index < -0.39 is 0 Å². The fourth-order valence-electron chi connectivity index (χ4n) is 2.17. The standard InChI is InChI=1S/C17H20N2O/c1-13(11-15-7-9-16(18)10-8-15)19-17(20)12-14-5-3-2-4-6-14/h2-10,13H,11-12,18H2,1H3,(H,19,20). The van der Waals surface area contributed by atoms with Crippen LogP contribution in [0.4, 0.5) is 5.69 Å². The molecule has 0 bridgehead atoms. The Kier molecular flexibility index (Phi) is 4.77. The third-order valence-electron chi connectivity index (χ3n) is 3.14. The minimum absolute atomic E-state index is 0.0548. The first kappa shape index (κ1) is 14.1. The number of rotatable bonds is 5. The van der Waals surface area contributed by atoms with Gasteiger partial charge in [-0.3, -0.25) is 4.79 Å². The summed E-state index contributed by atoms with van der Waals surface area (Å²) in [6, 6.07) is 17.6. The van der Waals surface area contributed by atoms with Crippen LogP contribution < -0.4 is 11.1 Å². The molecule has 2 rings (SSSR count). The van der Waals surface area contributed by atoms with Crippen molar-refractivity contribution in [2.45, 2.75) is 25.8 Å². The number of anilines is 1. The van der Waals surface area contributed by atoms with Crippen LogP contribution in [0.2, 0.25) is 0 Å². The highest BCUT2D eigenvalue weighted by atomic mass is 16.1. The smallest absolute Gasteiger partial charge is 0.224 e. The summed E-state index contributed by atoms with van der Waals surface area (Å²) < 4.78 is 0. The van der Waals surface area contributed by atoms with Gasteiger partial charge in [-0.1, -0.05) is 42.5 Å². The number of carbonyl (C=O) groups excluding carboxylic acids is 1. The van der Waals surface area contributed by atoms with Crippen molar-refractivity contribution in [3.05, 3.63) is 65.7 Å². The summed E-state index contributed by atoms with van der Waals surface area (Å²) in [5.41, 5.74) is 8.62. The van der Waals surface area contributed by atoms with Gasteiger partial charge < -0.3 is 11.1 Å². The molecule has 0 aliphatic carbocycles. The average molecular weight is 268 g/mol. The second-order valence-electron chi connectivity index (χ2n) is 5.08. The monoisotopic (exact) mass is 268 g/mol. The van der Waals surface area contributed by atoms with Crippen LogP contribution in [0, 0.1) is 0 Å². The van der Waals surface area contributed by atoms with Gasteiger partial charge in [0.2, 0.25) is 5.91 Å². The van der Waals surface area contributed by atoms with E-state index in [1.54, 1.807) is 0 Å². The molecule has 0 spiro atoms. The first-order valence-electron chi connectivity index (χ1n) is 6.81. The number of hydrogen-bond acceptors (Lipinski definition) is 2. The Bertz CT molecular complexity index is 549. The predicted molar refractivity (Wildman–Crippen MR) is 82.3 cm³/mol. The summed E-state index contributed by atoms with van der Waals surface area (Å²) in [4.78, 5) is 11.9. The van der Waals surface area contributed by atoms with Crippen molar-refractivity contribution in [2.24, 2.45) is 0 Å². The van der Waals surface area contributed by atoms with E-state index in [0.717, 1.165) is 17.7 Å². The maximum absolute atomic E-state index is 11.9. The number of amides is 1. The summed E-state index contributed by atoms with van der Waals surface area (Å²) in [6.07, 6.45) is 1.23. The molecule has 1 unspecified atom stereocenters. The third kappa shape index (κ3) is 4.43. The Morgan fingerprint density at radius 1 is 1.05 bits per heavy atom. The van der Waals surface area contributed by atoms with Gasteiger partial charge in [-0.15, -0.1) is 0 Å². The molecule has 2 aromatic rings. The molecule has 0 radical (unpaired) electrons. The fourth-order valence-corrected chi connectivity index (χ4v) is 2.17. The lowest BCUT2D eigenvalue weighted by Gasteiger charge is -2.14. The van der Waals surface area contributed by atoms with Gasteiger partial charge in [0.05, 0.1) is 6.42 Å². The topological polar surface area (TPSA) is 55.1 Å². The summed E-state index contributed by atoms with van der Waals surface area (Å²) in [7, 11) is 0. The fraction of sp³-hybridized carbons (Fsp3) is 0.235. The number of carbonyl (C=O) groups is 1. The molecule has 0 fully saturated rings. The number of nitrogens with two attached hydrogens (primary N) is 1. The highest BCUT2D eigenvalue weighted by Crippen LogP contribution is 2.08. The molecule has 1 amide bonds. The Hall–Kier alpha value is -2.29. The zero-order valence-electron chi connectivity index (χ0n) is 11.7. The van der Waals surface area contributed by atoms with Crippen molar-refractivity contribution in [1.29, 1.82) is 0 Å². The lowest BCUT2D eigenvalue weighted by Crippen LogP contribution is -2.35. The molecule has 0 saturated heterocycles. The van der Waals surface area contributed by atoms with Crippen LogP contribution in [0.1, 0.15) is 18.1 Å². The van der Waals surface area contributed by atoms with E-state index in [1.807, 2.05) is 61.5 Å². The molecule has 0 aromatic heterocycles. The zero-order valence-corrected chi connectivity index (χ0v) is 11.7. The molecule has 0 saturated carbocycles. The van der Waals surface area contributed by atoms with Crippen molar-refractivity contribution in [1.82, 2.24) is 5.32 Å². The summed E-state index contributed by atoms with van der Waals surface area (Å²) >= 11 is 0. The Balaban J connectivity index is 1.83. The van der Waals surface area contributed by atoms with Crippen LogP contribution in [0.5, 0.6) is 0 Å². The van der Waals surface area contributed by atoms with Gasteiger partial charge in [0, 0.05) is 11.7 Å². The second-order valence-corrected chi connectivity index (χ2v) is 5.08. The quantitative estimate of drug-likeness (QED) is 0.819. The lowest BCUT2D eigenvalue weighted by molar-refractivity contribution is -0.121. The second kappa shape index (κ2) is 6.75. The zero-order chi connectivity index (χ0) is 14.4. The van der Waals surface area contributed by atoms with Gasteiger partial charge >= 0.3 is 0 Å². The van der Waals surface area contributed by atoms with Crippen LogP contribution >= 0.6 is 0 Å². The van der Waals surface area contributed by atoms with E-state index in [9.17, 15) is 4.79 Å². The number of hydrogen-bond donors (Lipinski definition) is 2. The van der Waals surface area contributed by atoms with Crippen LogP contribution in [-0.4, -0.2) is 11.9 Å². The average Bonchev–Trinajstić information content (AvgIpc) is 2.42. The summed E-state index contributed by atoms with van der Waals surface area (Å²) in [5.74, 6) is 0.0548. The summed E-state index contributed by atoms with van der Waals surface area (Å²) in [5, 5.41) is 3.02. The predicted octanol–water partition coefficient (Wildman–Crippen LogP) is 2.56. The van der Waals surface area contributed by atoms with Crippen molar-refractivity contribution in [2.75, 3.05) is 5.73 Å². The van der Waals surface area contributed by atoms with E-state index in [4.69, 9.17) is 5.73 Å². The SMILES string of the molecule is CC(Cc1ccc(N)cc1)NC(=O)Cc1ccccc1. The molecule has 104 valence electrons. The molecular formula is C17H20N2O. The molecule has 20 heavy (non-hydrogen) atoms. The van der Waals surface area contributed by atoms with Crippen LogP contribution in [-0.2, 0) is 17.6 Å². The molecule has 3 nitrogen and oxygen atoms in total. The Labute approximate surface area is 119 Å². The summed E-state index contributed by atoms with van der Waals surface area (Å²) in [6.45, 7) is 2.01. The minimum Gasteiger partial charge on any atom is -0.399 e. The Morgan fingerprint density at radius 2 is 1.70 bits per heavy atom.